The van der Waals surface area contributed by atoms with Crippen LogP contribution >= 0.6 is 0 Å². The third-order valence-electron chi connectivity index (χ3n) is 16.1. The molecule has 0 unspecified atom stereocenters. The Morgan fingerprint density at radius 3 is 2.26 bits per heavy atom. The molecule has 1 aromatic rings. The minimum Gasteiger partial charge on any atom is -0.481 e. The van der Waals surface area contributed by atoms with Crippen molar-refractivity contribution >= 4 is 17.8 Å². The van der Waals surface area contributed by atoms with Gasteiger partial charge in [0.1, 0.15) is 12.6 Å². The number of fused-ring (bicyclic) bond motifs is 7. The molecule has 1 amide bonds. The zero-order chi connectivity index (χ0) is 37.0. The third-order valence-corrected chi connectivity index (χ3v) is 16.1. The fraction of sp³-hybridized carbons (Fsp3) is 0.805. The number of amides is 1. The summed E-state index contributed by atoms with van der Waals surface area (Å²) in [5, 5.41) is 9.60. The average Bonchev–Trinajstić information content (AvgIpc) is 3.53. The monoisotopic (exact) mass is 693 g/mol. The van der Waals surface area contributed by atoms with Crippen LogP contribution in [0.15, 0.2) is 22.0 Å². The van der Waals surface area contributed by atoms with Gasteiger partial charge in [0, 0.05) is 23.9 Å². The number of allylic oxidation sites excluding steroid dienone is 2. The Morgan fingerprint density at radius 1 is 0.960 bits per heavy atom. The average molecular weight is 694 g/mol. The van der Waals surface area contributed by atoms with Crippen LogP contribution in [0.25, 0.3) is 0 Å². The molecule has 0 spiro atoms. The molecule has 5 aliphatic carbocycles. The van der Waals surface area contributed by atoms with Gasteiger partial charge in [0.25, 0.3) is 5.56 Å². The summed E-state index contributed by atoms with van der Waals surface area (Å²) in [7, 11) is 1.93. The zero-order valence-electron chi connectivity index (χ0n) is 32.4. The zero-order valence-corrected chi connectivity index (χ0v) is 32.4. The van der Waals surface area contributed by atoms with Gasteiger partial charge in [-0.1, -0.05) is 59.6 Å². The maximum atomic E-state index is 13.3. The highest BCUT2D eigenvalue weighted by molar-refractivity contribution is 5.81. The van der Waals surface area contributed by atoms with Gasteiger partial charge >= 0.3 is 11.9 Å². The van der Waals surface area contributed by atoms with E-state index in [0.29, 0.717) is 23.7 Å². The summed E-state index contributed by atoms with van der Waals surface area (Å²) in [6.45, 7) is 20.0. The molecular weight excluding hydrogens is 630 g/mol. The first kappa shape index (κ1) is 36.9. The van der Waals surface area contributed by atoms with E-state index in [1.807, 2.05) is 11.7 Å². The first-order chi connectivity index (χ1) is 23.1. The van der Waals surface area contributed by atoms with Crippen LogP contribution in [-0.4, -0.2) is 38.4 Å². The normalized spacial score (nSPS) is 37.8. The van der Waals surface area contributed by atoms with Crippen LogP contribution in [-0.2, 0) is 38.1 Å². The molecule has 3 N–H and O–H groups in total. The number of aliphatic carboxylic acids is 1. The van der Waals surface area contributed by atoms with E-state index in [2.05, 4.69) is 48.5 Å². The van der Waals surface area contributed by atoms with E-state index in [0.717, 1.165) is 69.9 Å². The number of nitrogens with two attached hydrogens (primary N) is 1. The summed E-state index contributed by atoms with van der Waals surface area (Å²) >= 11 is 0. The molecule has 0 aromatic carbocycles. The predicted octanol–water partition coefficient (Wildman–Crippen LogP) is 7.14. The molecule has 0 radical (unpaired) electrons. The maximum absolute atomic E-state index is 13.3. The summed E-state index contributed by atoms with van der Waals surface area (Å²) in [4.78, 5) is 50.0. The third kappa shape index (κ3) is 5.12. The largest absolute Gasteiger partial charge is 0.481 e. The molecule has 1 aromatic heterocycles. The Labute approximate surface area is 298 Å². The SMILES string of the molecule is CC(C)C1=C2[C@H]3CC[C@@H]4[C@@]5(C)CC[C@H](OC(=O)CC(C)(C)C(=O)O)C(C)(C)[C@@H]5CC[C@@]4(C)[C@]3(C)CC[C@@]2(c2cc(=O)n(CC(N)=O)n2C)CC1. The van der Waals surface area contributed by atoms with Gasteiger partial charge in [-0.3, -0.25) is 23.9 Å². The Kier molecular flexibility index (Phi) is 8.75. The van der Waals surface area contributed by atoms with Gasteiger partial charge < -0.3 is 15.6 Å². The molecule has 278 valence electrons. The Bertz CT molecular complexity index is 1680. The minimum atomic E-state index is -1.16. The van der Waals surface area contributed by atoms with E-state index in [1.165, 1.54) is 4.68 Å². The van der Waals surface area contributed by atoms with Crippen LogP contribution in [0.3, 0.4) is 0 Å². The second-order valence-corrected chi connectivity index (χ2v) is 19.4. The summed E-state index contributed by atoms with van der Waals surface area (Å²) in [5.41, 5.74) is 8.37. The van der Waals surface area contributed by atoms with Crippen LogP contribution in [0.4, 0.5) is 0 Å². The number of aromatic nitrogens is 2. The van der Waals surface area contributed by atoms with Crippen LogP contribution in [0.2, 0.25) is 0 Å². The number of carboxylic acids is 1. The van der Waals surface area contributed by atoms with E-state index in [9.17, 15) is 24.3 Å². The lowest BCUT2D eigenvalue weighted by Gasteiger charge is -2.72. The van der Waals surface area contributed by atoms with Gasteiger partial charge in [0.15, 0.2) is 0 Å². The summed E-state index contributed by atoms with van der Waals surface area (Å²) in [6.07, 6.45) is 10.1. The van der Waals surface area contributed by atoms with Crippen molar-refractivity contribution in [2.45, 2.75) is 151 Å². The van der Waals surface area contributed by atoms with Crippen molar-refractivity contribution < 1.29 is 24.2 Å². The quantitative estimate of drug-likeness (QED) is 0.220. The Morgan fingerprint density at radius 2 is 1.64 bits per heavy atom. The molecule has 9 nitrogen and oxygen atoms in total. The molecule has 4 fully saturated rings. The maximum Gasteiger partial charge on any atom is 0.309 e. The lowest BCUT2D eigenvalue weighted by Crippen LogP contribution is -2.66. The van der Waals surface area contributed by atoms with Crippen LogP contribution in [0, 0.1) is 50.7 Å². The summed E-state index contributed by atoms with van der Waals surface area (Å²) in [5.74, 6) is -0.118. The second-order valence-electron chi connectivity index (χ2n) is 19.4. The number of carbonyl (C=O) groups is 3. The molecular formula is C41H63N3O6. The highest BCUT2D eigenvalue weighted by Gasteiger charge is 2.70. The number of rotatable bonds is 8. The van der Waals surface area contributed by atoms with E-state index < -0.39 is 23.3 Å². The fourth-order valence-electron chi connectivity index (χ4n) is 13.2. The highest BCUT2D eigenvalue weighted by Crippen LogP contribution is 2.77. The van der Waals surface area contributed by atoms with E-state index in [1.54, 1.807) is 31.1 Å². The van der Waals surface area contributed by atoms with Crippen molar-refractivity contribution in [1.82, 2.24) is 9.36 Å². The van der Waals surface area contributed by atoms with Crippen LogP contribution < -0.4 is 11.3 Å². The van der Waals surface area contributed by atoms with Crippen LogP contribution in [0.1, 0.15) is 139 Å². The smallest absolute Gasteiger partial charge is 0.309 e. The van der Waals surface area contributed by atoms with Gasteiger partial charge in [0.2, 0.25) is 5.91 Å². The van der Waals surface area contributed by atoms with Gasteiger partial charge in [-0.05, 0) is 118 Å². The van der Waals surface area contributed by atoms with Crippen molar-refractivity contribution in [3.05, 3.63) is 33.3 Å². The molecule has 5 aliphatic rings. The van der Waals surface area contributed by atoms with E-state index >= 15 is 0 Å². The second kappa shape index (κ2) is 11.8. The van der Waals surface area contributed by atoms with Crippen LogP contribution in [0.5, 0.6) is 0 Å². The molecule has 0 saturated heterocycles. The van der Waals surface area contributed by atoms with Crippen molar-refractivity contribution in [2.24, 2.45) is 63.5 Å². The minimum absolute atomic E-state index is 0.0950. The number of esters is 1. The van der Waals surface area contributed by atoms with E-state index in [4.69, 9.17) is 10.5 Å². The van der Waals surface area contributed by atoms with E-state index in [-0.39, 0.29) is 51.7 Å². The molecule has 0 bridgehead atoms. The fourth-order valence-corrected chi connectivity index (χ4v) is 13.2. The summed E-state index contributed by atoms with van der Waals surface area (Å²) in [6, 6.07) is 1.80. The van der Waals surface area contributed by atoms with Crippen molar-refractivity contribution in [1.29, 1.82) is 0 Å². The van der Waals surface area contributed by atoms with Gasteiger partial charge in [-0.25, -0.2) is 4.68 Å². The lowest BCUT2D eigenvalue weighted by molar-refractivity contribution is -0.232. The molecule has 6 rings (SSSR count). The molecule has 1 heterocycles. The molecule has 0 aliphatic heterocycles. The van der Waals surface area contributed by atoms with Crippen molar-refractivity contribution in [3.8, 4) is 0 Å². The highest BCUT2D eigenvalue weighted by atomic mass is 16.5. The Hall–Kier alpha value is -2.84. The number of ether oxygens (including phenoxy) is 1. The molecule has 8 atom stereocenters. The number of nitrogens with zero attached hydrogens (tertiary/aromatic N) is 2. The standard InChI is InChI=1S/C41H63N3O6/c1-24(2)25-13-18-41(29-21-32(46)44(43(29)10)23-31(42)45)20-19-39(8)26(34(25)41)11-12-28-38(7)16-15-30(50-33(47)22-36(3,4)35(48)49)37(5,6)27(38)14-17-40(28,39)9/h21,24,26-28,30H,11-20,22-23H2,1-10H3,(H2,42,45)(H,48,49)/t26-,27+,28-,30+,38+,39-,40-,41-/m1/s1. The summed E-state index contributed by atoms with van der Waals surface area (Å²) < 4.78 is 9.62. The van der Waals surface area contributed by atoms with Gasteiger partial charge in [0.05, 0.1) is 17.5 Å². The van der Waals surface area contributed by atoms with Crippen molar-refractivity contribution in [2.75, 3.05) is 0 Å². The number of hydrogen-bond acceptors (Lipinski definition) is 5. The predicted molar refractivity (Wildman–Crippen MR) is 193 cm³/mol. The van der Waals surface area contributed by atoms with Gasteiger partial charge in [-0.2, -0.15) is 0 Å². The topological polar surface area (TPSA) is 134 Å². The Balaban J connectivity index is 1.33. The van der Waals surface area contributed by atoms with Crippen molar-refractivity contribution in [3.63, 3.8) is 0 Å². The number of carbonyl (C=O) groups excluding carboxylic acids is 2. The molecule has 9 heteroatoms. The number of hydrogen-bond donors (Lipinski definition) is 2. The lowest BCUT2D eigenvalue weighted by atomic mass is 9.33. The number of primary amides is 1. The molecule has 4 saturated carbocycles. The van der Waals surface area contributed by atoms with Gasteiger partial charge in [-0.15, -0.1) is 0 Å². The first-order valence-corrected chi connectivity index (χ1v) is 19.3. The number of carboxylic acid groups (broad SMARTS) is 1. The first-order valence-electron chi connectivity index (χ1n) is 19.3. The molecule has 50 heavy (non-hydrogen) atoms.